The second-order valence-corrected chi connectivity index (χ2v) is 3.61. The summed E-state index contributed by atoms with van der Waals surface area (Å²) in [6.45, 7) is 4.50. The molecule has 0 atom stereocenters. The molecule has 0 aromatic heterocycles. The molecule has 80 valence electrons. The van der Waals surface area contributed by atoms with E-state index in [0.717, 1.165) is 22.4 Å². The molecule has 2 aliphatic rings. The zero-order valence-electron chi connectivity index (χ0n) is 9.45. The molecule has 0 radical (unpaired) electrons. The van der Waals surface area contributed by atoms with Gasteiger partial charge in [0.15, 0.2) is 0 Å². The van der Waals surface area contributed by atoms with E-state index in [0.29, 0.717) is 12.2 Å². The van der Waals surface area contributed by atoms with E-state index in [-0.39, 0.29) is 0 Å². The highest BCUT2D eigenvalue weighted by atomic mass is 16.5. The van der Waals surface area contributed by atoms with E-state index in [1.165, 1.54) is 0 Å². The van der Waals surface area contributed by atoms with E-state index in [2.05, 4.69) is 6.07 Å². The fourth-order valence-electron chi connectivity index (χ4n) is 1.96. The maximum absolute atomic E-state index is 9.21. The van der Waals surface area contributed by atoms with Crippen molar-refractivity contribution >= 4 is 0 Å². The van der Waals surface area contributed by atoms with Crippen molar-refractivity contribution in [3.8, 4) is 22.9 Å². The number of nitrogens with zero attached hydrogens (tertiary/aromatic N) is 1. The fourth-order valence-corrected chi connectivity index (χ4v) is 1.96. The van der Waals surface area contributed by atoms with E-state index >= 15 is 0 Å². The molecule has 0 unspecified atom stereocenters. The molecule has 2 aliphatic carbocycles. The predicted octanol–water partition coefficient (Wildman–Crippen LogP) is 3.37. The van der Waals surface area contributed by atoms with Crippen molar-refractivity contribution in [2.45, 2.75) is 13.8 Å². The number of hydrogen-bond donors (Lipinski definition) is 0. The smallest absolute Gasteiger partial charge is 0.141 e. The van der Waals surface area contributed by atoms with Crippen LogP contribution >= 0.6 is 0 Å². The zero-order valence-corrected chi connectivity index (χ0v) is 9.45. The predicted molar refractivity (Wildman–Crippen MR) is 63.7 cm³/mol. The minimum absolute atomic E-state index is 0.581. The molecular weight excluding hydrogens is 198 g/mol. The van der Waals surface area contributed by atoms with Crippen LogP contribution in [0.1, 0.15) is 18.1 Å². The first-order valence-electron chi connectivity index (χ1n) is 5.33. The summed E-state index contributed by atoms with van der Waals surface area (Å²) in [5.41, 5.74) is 3.74. The summed E-state index contributed by atoms with van der Waals surface area (Å²) in [7, 11) is 0. The Morgan fingerprint density at radius 3 is 2.50 bits per heavy atom. The lowest BCUT2D eigenvalue weighted by Gasteiger charge is -2.01. The minimum atomic E-state index is 0.581. The Morgan fingerprint density at radius 1 is 1.19 bits per heavy atom. The lowest BCUT2D eigenvalue weighted by atomic mass is 10.1. The average molecular weight is 211 g/mol. The highest BCUT2D eigenvalue weighted by Crippen LogP contribution is 2.40. The largest absolute Gasteiger partial charge is 0.492 e. The molecule has 0 aromatic rings. The van der Waals surface area contributed by atoms with Crippen molar-refractivity contribution in [2.24, 2.45) is 0 Å². The Morgan fingerprint density at radius 2 is 1.88 bits per heavy atom. The topological polar surface area (TPSA) is 33.0 Å². The molecular formula is C14H13NO. The molecule has 0 amide bonds. The first-order chi connectivity index (χ1) is 7.79. The summed E-state index contributed by atoms with van der Waals surface area (Å²) in [5, 5.41) is 9.21. The average Bonchev–Trinajstić information content (AvgIpc) is 2.49. The van der Waals surface area contributed by atoms with Crippen molar-refractivity contribution in [3.63, 3.8) is 0 Å². The maximum Gasteiger partial charge on any atom is 0.141 e. The van der Waals surface area contributed by atoms with Crippen molar-refractivity contribution in [3.05, 3.63) is 41.5 Å². The van der Waals surface area contributed by atoms with Crippen molar-refractivity contribution in [1.29, 1.82) is 5.26 Å². The minimum Gasteiger partial charge on any atom is -0.492 e. The van der Waals surface area contributed by atoms with Gasteiger partial charge >= 0.3 is 0 Å². The molecule has 2 nitrogen and oxygen atoms in total. The van der Waals surface area contributed by atoms with Gasteiger partial charge in [-0.1, -0.05) is 30.3 Å². The van der Waals surface area contributed by atoms with Crippen LogP contribution in [0.2, 0.25) is 0 Å². The molecule has 16 heavy (non-hydrogen) atoms. The van der Waals surface area contributed by atoms with Gasteiger partial charge in [0.05, 0.1) is 6.61 Å². The molecule has 0 fully saturated rings. The molecule has 2 heteroatoms. The first kappa shape index (κ1) is 10.5. The second-order valence-electron chi connectivity index (χ2n) is 3.61. The highest BCUT2D eigenvalue weighted by molar-refractivity contribution is 5.82. The van der Waals surface area contributed by atoms with Crippen LogP contribution in [0.25, 0.3) is 11.1 Å². The monoisotopic (exact) mass is 211 g/mol. The van der Waals surface area contributed by atoms with Gasteiger partial charge in [-0.15, -0.1) is 0 Å². The van der Waals surface area contributed by atoms with Crippen LogP contribution in [0.3, 0.4) is 0 Å². The van der Waals surface area contributed by atoms with E-state index in [1.54, 1.807) is 0 Å². The Bertz CT molecular complexity index is 525. The molecule has 0 spiro atoms. The van der Waals surface area contributed by atoms with Crippen molar-refractivity contribution < 1.29 is 4.74 Å². The van der Waals surface area contributed by atoms with E-state index in [1.807, 2.05) is 44.2 Å². The lowest BCUT2D eigenvalue weighted by Crippen LogP contribution is -1.92. The zero-order chi connectivity index (χ0) is 11.5. The SMILES string of the molecule is CCOc1c(C)c2cccccc-2c1C#N. The maximum atomic E-state index is 9.21. The van der Waals surface area contributed by atoms with Crippen LogP contribution in [-0.2, 0) is 0 Å². The summed E-state index contributed by atoms with van der Waals surface area (Å²) >= 11 is 0. The van der Waals surface area contributed by atoms with Crippen molar-refractivity contribution in [1.82, 2.24) is 0 Å². The molecule has 2 rings (SSSR count). The van der Waals surface area contributed by atoms with Crippen LogP contribution in [0.15, 0.2) is 30.3 Å². The van der Waals surface area contributed by atoms with E-state index < -0.39 is 0 Å². The molecule has 0 bridgehead atoms. The van der Waals surface area contributed by atoms with Crippen LogP contribution in [0, 0.1) is 18.3 Å². The summed E-state index contributed by atoms with van der Waals surface area (Å²) in [6.07, 6.45) is 0. The number of hydrogen-bond acceptors (Lipinski definition) is 2. The van der Waals surface area contributed by atoms with Gasteiger partial charge in [-0.25, -0.2) is 0 Å². The summed E-state index contributed by atoms with van der Waals surface area (Å²) in [4.78, 5) is 0. The summed E-state index contributed by atoms with van der Waals surface area (Å²) in [6, 6.07) is 12.1. The lowest BCUT2D eigenvalue weighted by molar-refractivity contribution is 0.338. The first-order valence-corrected chi connectivity index (χ1v) is 5.33. The van der Waals surface area contributed by atoms with E-state index in [9.17, 15) is 5.26 Å². The number of rotatable bonds is 2. The van der Waals surface area contributed by atoms with Gasteiger partial charge in [-0.3, -0.25) is 0 Å². The third-order valence-corrected chi connectivity index (χ3v) is 2.68. The Balaban J connectivity index is 2.76. The molecule has 0 aromatic carbocycles. The Kier molecular flexibility index (Phi) is 2.78. The van der Waals surface area contributed by atoms with Gasteiger partial charge in [0, 0.05) is 11.1 Å². The molecule has 0 aliphatic heterocycles. The van der Waals surface area contributed by atoms with Crippen molar-refractivity contribution in [2.75, 3.05) is 6.61 Å². The van der Waals surface area contributed by atoms with Gasteiger partial charge in [0.2, 0.25) is 0 Å². The molecule has 0 saturated carbocycles. The Labute approximate surface area is 95.4 Å². The van der Waals surface area contributed by atoms with Crippen LogP contribution in [0.4, 0.5) is 0 Å². The Hall–Kier alpha value is -2.01. The standard InChI is InChI=1S/C14H13NO/c1-3-16-14-10(2)11-7-5-4-6-8-12(11)13(14)9-15/h4-8H,3H2,1-2H3. The fraction of sp³-hybridized carbons (Fsp3) is 0.214. The normalized spacial score (nSPS) is 10.1. The number of ether oxygens (including phenoxy) is 1. The third-order valence-electron chi connectivity index (χ3n) is 2.68. The molecule has 0 N–H and O–H groups in total. The van der Waals surface area contributed by atoms with Gasteiger partial charge < -0.3 is 4.74 Å². The molecule has 0 saturated heterocycles. The highest BCUT2D eigenvalue weighted by Gasteiger charge is 2.20. The number of nitriles is 1. The van der Waals surface area contributed by atoms with Crippen LogP contribution < -0.4 is 4.74 Å². The summed E-state index contributed by atoms with van der Waals surface area (Å²) < 4.78 is 5.55. The van der Waals surface area contributed by atoms with Gasteiger partial charge in [-0.2, -0.15) is 5.26 Å². The van der Waals surface area contributed by atoms with Crippen LogP contribution in [0.5, 0.6) is 5.75 Å². The van der Waals surface area contributed by atoms with E-state index in [4.69, 9.17) is 4.74 Å². The van der Waals surface area contributed by atoms with Crippen LogP contribution in [-0.4, -0.2) is 6.61 Å². The van der Waals surface area contributed by atoms with Gasteiger partial charge in [-0.05, 0) is 19.4 Å². The molecule has 0 heterocycles. The second kappa shape index (κ2) is 4.24. The number of fused-ring (bicyclic) bond motifs is 1. The summed E-state index contributed by atoms with van der Waals surface area (Å²) in [5.74, 6) is 0.728. The third kappa shape index (κ3) is 1.51. The van der Waals surface area contributed by atoms with Gasteiger partial charge in [0.25, 0.3) is 0 Å². The van der Waals surface area contributed by atoms with Gasteiger partial charge in [0.1, 0.15) is 17.4 Å². The quantitative estimate of drug-likeness (QED) is 0.763.